The van der Waals surface area contributed by atoms with Crippen LogP contribution in [-0.4, -0.2) is 31.5 Å². The summed E-state index contributed by atoms with van der Waals surface area (Å²) in [6, 6.07) is 16.5. The van der Waals surface area contributed by atoms with Gasteiger partial charge in [-0.25, -0.2) is 0 Å². The lowest BCUT2D eigenvalue weighted by atomic mass is 9.88. The van der Waals surface area contributed by atoms with Crippen LogP contribution < -0.4 is 4.74 Å². The average Bonchev–Trinajstić information content (AvgIpc) is 2.78. The maximum Gasteiger partial charge on any atom is 0.127 e. The molecule has 4 unspecified atom stereocenters. The number of methoxy groups -OCH3 is 1. The molecule has 4 heteroatoms. The van der Waals surface area contributed by atoms with Gasteiger partial charge in [-0.3, -0.25) is 0 Å². The van der Waals surface area contributed by atoms with Crippen molar-refractivity contribution in [3.05, 3.63) is 65.2 Å². The predicted octanol–water partition coefficient (Wildman–Crippen LogP) is 6.17. The monoisotopic (exact) mass is 426 g/mol. The summed E-state index contributed by atoms with van der Waals surface area (Å²) < 4.78 is 18.0. The summed E-state index contributed by atoms with van der Waals surface area (Å²) in [4.78, 5) is 0. The molecule has 1 aliphatic rings. The van der Waals surface area contributed by atoms with Crippen LogP contribution in [0.1, 0.15) is 74.3 Å². The van der Waals surface area contributed by atoms with Crippen LogP contribution in [0.4, 0.5) is 0 Å². The van der Waals surface area contributed by atoms with Crippen molar-refractivity contribution in [1.29, 1.82) is 0 Å². The smallest absolute Gasteiger partial charge is 0.127 e. The van der Waals surface area contributed by atoms with Crippen molar-refractivity contribution < 1.29 is 19.3 Å². The Hall–Kier alpha value is -1.88. The molecule has 1 fully saturated rings. The summed E-state index contributed by atoms with van der Waals surface area (Å²) in [6.07, 6.45) is 5.51. The fourth-order valence-corrected chi connectivity index (χ4v) is 4.76. The van der Waals surface area contributed by atoms with E-state index in [0.29, 0.717) is 12.5 Å². The SMILES string of the molecule is CCOC1CCCC(CC(O)c2cccc(C)c2OC)CCOC(c2ccccc2)C1. The maximum atomic E-state index is 11.0. The lowest BCUT2D eigenvalue weighted by molar-refractivity contribution is -0.0296. The molecule has 0 aliphatic carbocycles. The van der Waals surface area contributed by atoms with E-state index in [-0.39, 0.29) is 12.2 Å². The third-order valence-corrected chi connectivity index (χ3v) is 6.40. The molecule has 0 aromatic heterocycles. The molecule has 4 atom stereocenters. The zero-order valence-electron chi connectivity index (χ0n) is 19.3. The first-order valence-corrected chi connectivity index (χ1v) is 11.7. The Morgan fingerprint density at radius 1 is 1.06 bits per heavy atom. The first-order valence-electron chi connectivity index (χ1n) is 11.7. The van der Waals surface area contributed by atoms with Crippen molar-refractivity contribution in [2.45, 2.75) is 70.7 Å². The molecule has 2 aromatic rings. The maximum absolute atomic E-state index is 11.0. The average molecular weight is 427 g/mol. The third-order valence-electron chi connectivity index (χ3n) is 6.40. The van der Waals surface area contributed by atoms with Crippen LogP contribution in [0.2, 0.25) is 0 Å². The van der Waals surface area contributed by atoms with Gasteiger partial charge in [-0.2, -0.15) is 0 Å². The van der Waals surface area contributed by atoms with Crippen molar-refractivity contribution in [2.75, 3.05) is 20.3 Å². The summed E-state index contributed by atoms with van der Waals surface area (Å²) >= 11 is 0. The Morgan fingerprint density at radius 3 is 2.61 bits per heavy atom. The van der Waals surface area contributed by atoms with Crippen LogP contribution in [0, 0.1) is 12.8 Å². The van der Waals surface area contributed by atoms with E-state index in [1.54, 1.807) is 7.11 Å². The van der Waals surface area contributed by atoms with Crippen molar-refractivity contribution >= 4 is 0 Å². The number of hydrogen-bond donors (Lipinski definition) is 1. The van der Waals surface area contributed by atoms with Gasteiger partial charge in [0.25, 0.3) is 0 Å². The highest BCUT2D eigenvalue weighted by atomic mass is 16.5. The molecule has 170 valence electrons. The van der Waals surface area contributed by atoms with Crippen molar-refractivity contribution in [3.63, 3.8) is 0 Å². The molecule has 0 amide bonds. The molecule has 0 spiro atoms. The van der Waals surface area contributed by atoms with Crippen LogP contribution in [0.3, 0.4) is 0 Å². The van der Waals surface area contributed by atoms with Gasteiger partial charge in [0.1, 0.15) is 5.75 Å². The third kappa shape index (κ3) is 6.80. The Kier molecular flexibility index (Phi) is 9.38. The molecule has 3 rings (SSSR count). The Balaban J connectivity index is 1.69. The van der Waals surface area contributed by atoms with Crippen molar-refractivity contribution in [1.82, 2.24) is 0 Å². The fourth-order valence-electron chi connectivity index (χ4n) is 4.76. The number of hydrogen-bond acceptors (Lipinski definition) is 4. The van der Waals surface area contributed by atoms with Gasteiger partial charge in [-0.1, -0.05) is 61.4 Å². The largest absolute Gasteiger partial charge is 0.496 e. The van der Waals surface area contributed by atoms with Crippen LogP contribution in [0.25, 0.3) is 0 Å². The number of aryl methyl sites for hydroxylation is 1. The number of aliphatic hydroxyl groups is 1. The summed E-state index contributed by atoms with van der Waals surface area (Å²) in [7, 11) is 1.67. The van der Waals surface area contributed by atoms with E-state index in [4.69, 9.17) is 14.2 Å². The second-order valence-corrected chi connectivity index (χ2v) is 8.62. The van der Waals surface area contributed by atoms with E-state index in [1.165, 1.54) is 5.56 Å². The van der Waals surface area contributed by atoms with E-state index in [2.05, 4.69) is 31.2 Å². The minimum Gasteiger partial charge on any atom is -0.496 e. The number of ether oxygens (including phenoxy) is 3. The summed E-state index contributed by atoms with van der Waals surface area (Å²) in [6.45, 7) is 5.50. The Labute approximate surface area is 187 Å². The highest BCUT2D eigenvalue weighted by molar-refractivity contribution is 5.42. The van der Waals surface area contributed by atoms with Gasteiger partial charge in [0, 0.05) is 25.2 Å². The normalized spacial score (nSPS) is 23.8. The predicted molar refractivity (Wildman–Crippen MR) is 124 cm³/mol. The van der Waals surface area contributed by atoms with E-state index in [1.807, 2.05) is 31.2 Å². The van der Waals surface area contributed by atoms with E-state index in [9.17, 15) is 5.11 Å². The van der Waals surface area contributed by atoms with Gasteiger partial charge in [0.05, 0.1) is 25.4 Å². The molecular weight excluding hydrogens is 388 g/mol. The zero-order valence-corrected chi connectivity index (χ0v) is 19.3. The van der Waals surface area contributed by atoms with Crippen LogP contribution in [-0.2, 0) is 9.47 Å². The van der Waals surface area contributed by atoms with Gasteiger partial charge in [0.15, 0.2) is 0 Å². The Bertz CT molecular complexity index is 776. The van der Waals surface area contributed by atoms with Gasteiger partial charge >= 0.3 is 0 Å². The first kappa shape index (κ1) is 23.8. The van der Waals surface area contributed by atoms with Gasteiger partial charge in [0.2, 0.25) is 0 Å². The number of para-hydroxylation sites is 1. The molecule has 2 aromatic carbocycles. The quantitative estimate of drug-likeness (QED) is 0.575. The van der Waals surface area contributed by atoms with Crippen LogP contribution in [0.5, 0.6) is 5.75 Å². The summed E-state index contributed by atoms with van der Waals surface area (Å²) in [5, 5.41) is 11.0. The molecule has 0 bridgehead atoms. The van der Waals surface area contributed by atoms with Gasteiger partial charge in [-0.15, -0.1) is 0 Å². The van der Waals surface area contributed by atoms with E-state index >= 15 is 0 Å². The molecular formula is C27H38O4. The number of aliphatic hydroxyl groups excluding tert-OH is 1. The summed E-state index contributed by atoms with van der Waals surface area (Å²) in [5.74, 6) is 1.20. The molecule has 0 radical (unpaired) electrons. The summed E-state index contributed by atoms with van der Waals surface area (Å²) in [5.41, 5.74) is 3.15. The minimum absolute atomic E-state index is 0.0540. The van der Waals surface area contributed by atoms with Gasteiger partial charge in [-0.05, 0) is 50.2 Å². The molecule has 0 saturated carbocycles. The highest BCUT2D eigenvalue weighted by Gasteiger charge is 2.24. The molecule has 1 aliphatic heterocycles. The molecule has 1 saturated heterocycles. The number of rotatable bonds is 7. The van der Waals surface area contributed by atoms with Gasteiger partial charge < -0.3 is 19.3 Å². The minimum atomic E-state index is -0.532. The fraction of sp³-hybridized carbons (Fsp3) is 0.556. The highest BCUT2D eigenvalue weighted by Crippen LogP contribution is 2.35. The van der Waals surface area contributed by atoms with Crippen molar-refractivity contribution in [3.8, 4) is 5.75 Å². The Morgan fingerprint density at radius 2 is 1.87 bits per heavy atom. The van der Waals surface area contributed by atoms with Crippen molar-refractivity contribution in [2.24, 2.45) is 5.92 Å². The lowest BCUT2D eigenvalue weighted by Gasteiger charge is -2.29. The molecule has 4 nitrogen and oxygen atoms in total. The first-order chi connectivity index (χ1) is 15.1. The second-order valence-electron chi connectivity index (χ2n) is 8.62. The van der Waals surface area contributed by atoms with Crippen LogP contribution in [0.15, 0.2) is 48.5 Å². The standard InChI is InChI=1S/C27H38O4/c1-4-30-23-14-9-11-21(16-17-31-26(19-23)22-12-6-5-7-13-22)18-25(28)24-15-8-10-20(2)27(24)29-3/h5-8,10,12-13,15,21,23,25-26,28H,4,9,11,14,16-19H2,1-3H3. The van der Waals surface area contributed by atoms with Crippen LogP contribution >= 0.6 is 0 Å². The molecule has 1 N–H and O–H groups in total. The second kappa shape index (κ2) is 12.2. The zero-order chi connectivity index (χ0) is 22.1. The van der Waals surface area contributed by atoms with E-state index < -0.39 is 6.10 Å². The number of benzene rings is 2. The van der Waals surface area contributed by atoms with E-state index in [0.717, 1.165) is 62.0 Å². The molecule has 1 heterocycles. The molecule has 31 heavy (non-hydrogen) atoms. The lowest BCUT2D eigenvalue weighted by Crippen LogP contribution is -2.22. The topological polar surface area (TPSA) is 47.9 Å².